The normalized spacial score (nSPS) is 11.3. The molecule has 0 atom stereocenters. The third-order valence-corrected chi connectivity index (χ3v) is 5.08. The molecule has 0 aliphatic carbocycles. The van der Waals surface area contributed by atoms with Gasteiger partial charge in [0.2, 0.25) is 10.0 Å². The third-order valence-electron chi connectivity index (χ3n) is 3.52. The molecular weight excluding hydrogens is 354 g/mol. The monoisotopic (exact) mass is 371 g/mol. The van der Waals surface area contributed by atoms with Gasteiger partial charge < -0.3 is 5.32 Å². The number of pyridine rings is 1. The standard InChI is InChI=1S/C17H17N5O3S/c1-2-20-26(24,25)14-8-6-13(7-9-14)17(23)21-15-5-3-10-18-16(15)22-12-4-11-19-22/h3-12,20H,2H2,1H3,(H,21,23). The Morgan fingerprint density at radius 1 is 1.12 bits per heavy atom. The number of rotatable bonds is 6. The van der Waals surface area contributed by atoms with Gasteiger partial charge in [-0.1, -0.05) is 6.92 Å². The molecule has 3 rings (SSSR count). The summed E-state index contributed by atoms with van der Waals surface area (Å²) in [7, 11) is -3.55. The summed E-state index contributed by atoms with van der Waals surface area (Å²) < 4.78 is 27.8. The van der Waals surface area contributed by atoms with E-state index in [1.807, 2.05) is 0 Å². The van der Waals surface area contributed by atoms with Crippen molar-refractivity contribution in [1.82, 2.24) is 19.5 Å². The van der Waals surface area contributed by atoms with E-state index in [9.17, 15) is 13.2 Å². The minimum absolute atomic E-state index is 0.106. The molecule has 0 aliphatic heterocycles. The second-order valence-corrected chi connectivity index (χ2v) is 7.07. The maximum atomic E-state index is 12.5. The summed E-state index contributed by atoms with van der Waals surface area (Å²) >= 11 is 0. The van der Waals surface area contributed by atoms with Crippen molar-refractivity contribution in [2.75, 3.05) is 11.9 Å². The van der Waals surface area contributed by atoms with E-state index in [0.29, 0.717) is 23.6 Å². The van der Waals surface area contributed by atoms with Gasteiger partial charge >= 0.3 is 0 Å². The number of amides is 1. The molecule has 0 unspecified atom stereocenters. The maximum absolute atomic E-state index is 12.5. The number of hydrogen-bond acceptors (Lipinski definition) is 5. The molecule has 0 radical (unpaired) electrons. The molecule has 9 heteroatoms. The van der Waals surface area contributed by atoms with Crippen LogP contribution in [0.1, 0.15) is 17.3 Å². The number of hydrogen-bond donors (Lipinski definition) is 2. The SMILES string of the molecule is CCNS(=O)(=O)c1ccc(C(=O)Nc2cccnc2-n2cccn2)cc1. The lowest BCUT2D eigenvalue weighted by Crippen LogP contribution is -2.23. The van der Waals surface area contributed by atoms with E-state index in [-0.39, 0.29) is 10.8 Å². The van der Waals surface area contributed by atoms with E-state index in [4.69, 9.17) is 0 Å². The fourth-order valence-electron chi connectivity index (χ4n) is 2.32. The van der Waals surface area contributed by atoms with Gasteiger partial charge in [-0.05, 0) is 42.5 Å². The second kappa shape index (κ2) is 7.46. The zero-order valence-corrected chi connectivity index (χ0v) is 14.8. The molecule has 0 bridgehead atoms. The largest absolute Gasteiger partial charge is 0.319 e. The molecule has 1 aromatic carbocycles. The van der Waals surface area contributed by atoms with Gasteiger partial charge in [0.05, 0.1) is 10.6 Å². The molecule has 0 saturated carbocycles. The van der Waals surface area contributed by atoms with E-state index >= 15 is 0 Å². The fourth-order valence-corrected chi connectivity index (χ4v) is 3.37. The van der Waals surface area contributed by atoms with E-state index < -0.39 is 10.0 Å². The van der Waals surface area contributed by atoms with E-state index in [2.05, 4.69) is 20.1 Å². The molecule has 0 saturated heterocycles. The molecule has 26 heavy (non-hydrogen) atoms. The summed E-state index contributed by atoms with van der Waals surface area (Å²) in [6.07, 6.45) is 4.94. The minimum Gasteiger partial charge on any atom is -0.319 e. The Hall–Kier alpha value is -3.04. The number of nitrogens with zero attached hydrogens (tertiary/aromatic N) is 3. The van der Waals surface area contributed by atoms with Crippen molar-refractivity contribution in [1.29, 1.82) is 0 Å². The average Bonchev–Trinajstić information content (AvgIpc) is 3.17. The first kappa shape index (κ1) is 17.8. The lowest BCUT2D eigenvalue weighted by Gasteiger charge is -2.10. The van der Waals surface area contributed by atoms with Crippen molar-refractivity contribution in [3.8, 4) is 5.82 Å². The van der Waals surface area contributed by atoms with E-state index in [1.165, 1.54) is 24.3 Å². The molecule has 134 valence electrons. The highest BCUT2D eigenvalue weighted by molar-refractivity contribution is 7.89. The zero-order chi connectivity index (χ0) is 18.6. The number of carbonyl (C=O) groups is 1. The van der Waals surface area contributed by atoms with Crippen LogP contribution < -0.4 is 10.0 Å². The first-order chi connectivity index (χ1) is 12.5. The number of sulfonamides is 1. The summed E-state index contributed by atoms with van der Waals surface area (Å²) in [5.41, 5.74) is 0.821. The number of nitrogens with one attached hydrogen (secondary N) is 2. The van der Waals surface area contributed by atoms with Gasteiger partial charge in [-0.3, -0.25) is 4.79 Å². The van der Waals surface area contributed by atoms with Crippen molar-refractivity contribution in [2.45, 2.75) is 11.8 Å². The van der Waals surface area contributed by atoms with Crippen LogP contribution in [0.25, 0.3) is 5.82 Å². The first-order valence-electron chi connectivity index (χ1n) is 7.87. The number of benzene rings is 1. The van der Waals surface area contributed by atoms with Crippen molar-refractivity contribution in [3.63, 3.8) is 0 Å². The number of aromatic nitrogens is 3. The summed E-state index contributed by atoms with van der Waals surface area (Å²) in [6, 6.07) is 10.9. The quantitative estimate of drug-likeness (QED) is 0.687. The van der Waals surface area contributed by atoms with Crippen LogP contribution in [-0.2, 0) is 10.0 Å². The van der Waals surface area contributed by atoms with Crippen molar-refractivity contribution < 1.29 is 13.2 Å². The number of anilines is 1. The van der Waals surface area contributed by atoms with Crippen LogP contribution in [0.2, 0.25) is 0 Å². The molecule has 2 N–H and O–H groups in total. The van der Waals surface area contributed by atoms with Crippen molar-refractivity contribution >= 4 is 21.6 Å². The van der Waals surface area contributed by atoms with E-state index in [0.717, 1.165) is 0 Å². The Morgan fingerprint density at radius 3 is 2.54 bits per heavy atom. The molecule has 2 aromatic heterocycles. The predicted octanol–water partition coefficient (Wildman–Crippen LogP) is 1.82. The fraction of sp³-hybridized carbons (Fsp3) is 0.118. The molecule has 0 fully saturated rings. The Kier molecular flexibility index (Phi) is 5.10. The number of carbonyl (C=O) groups excluding carboxylic acids is 1. The van der Waals surface area contributed by atoms with Gasteiger partial charge in [0.1, 0.15) is 0 Å². The smallest absolute Gasteiger partial charge is 0.255 e. The van der Waals surface area contributed by atoms with Crippen molar-refractivity contribution in [3.05, 3.63) is 66.6 Å². The van der Waals surface area contributed by atoms with Crippen LogP contribution in [0.15, 0.2) is 66.0 Å². The van der Waals surface area contributed by atoms with Gasteiger partial charge in [-0.15, -0.1) is 0 Å². The predicted molar refractivity (Wildman–Crippen MR) is 96.6 cm³/mol. The Balaban J connectivity index is 1.82. The zero-order valence-electron chi connectivity index (χ0n) is 14.0. The van der Waals surface area contributed by atoms with Crippen molar-refractivity contribution in [2.24, 2.45) is 0 Å². The summed E-state index contributed by atoms with van der Waals surface area (Å²) in [5, 5.41) is 6.88. The second-order valence-electron chi connectivity index (χ2n) is 5.31. The van der Waals surface area contributed by atoms with Gasteiger partial charge in [0.25, 0.3) is 5.91 Å². The van der Waals surface area contributed by atoms with E-state index in [1.54, 1.807) is 48.4 Å². The Morgan fingerprint density at radius 2 is 1.88 bits per heavy atom. The van der Waals surface area contributed by atoms with Gasteiger partial charge in [-0.2, -0.15) is 5.10 Å². The molecule has 1 amide bonds. The Bertz CT molecular complexity index is 999. The highest BCUT2D eigenvalue weighted by Gasteiger charge is 2.15. The molecule has 3 aromatic rings. The van der Waals surface area contributed by atoms with Crippen LogP contribution in [-0.4, -0.2) is 35.6 Å². The molecular formula is C17H17N5O3S. The van der Waals surface area contributed by atoms with Crippen LogP contribution in [0.5, 0.6) is 0 Å². The van der Waals surface area contributed by atoms with Crippen LogP contribution >= 0.6 is 0 Å². The van der Waals surface area contributed by atoms with Gasteiger partial charge in [-0.25, -0.2) is 22.8 Å². The van der Waals surface area contributed by atoms with Crippen LogP contribution in [0.4, 0.5) is 5.69 Å². The molecule has 8 nitrogen and oxygen atoms in total. The highest BCUT2D eigenvalue weighted by atomic mass is 32.2. The molecule has 0 aliphatic rings. The minimum atomic E-state index is -3.55. The lowest BCUT2D eigenvalue weighted by molar-refractivity contribution is 0.102. The van der Waals surface area contributed by atoms with Gasteiger partial charge in [0.15, 0.2) is 5.82 Å². The van der Waals surface area contributed by atoms with Crippen LogP contribution in [0.3, 0.4) is 0 Å². The first-order valence-corrected chi connectivity index (χ1v) is 9.35. The molecule has 2 heterocycles. The third kappa shape index (κ3) is 3.79. The van der Waals surface area contributed by atoms with Gasteiger partial charge in [0, 0.05) is 30.7 Å². The maximum Gasteiger partial charge on any atom is 0.255 e. The summed E-state index contributed by atoms with van der Waals surface area (Å²) in [5.74, 6) is 0.107. The summed E-state index contributed by atoms with van der Waals surface area (Å²) in [4.78, 5) is 16.8. The highest BCUT2D eigenvalue weighted by Crippen LogP contribution is 2.18. The lowest BCUT2D eigenvalue weighted by atomic mass is 10.2. The topological polar surface area (TPSA) is 106 Å². The molecule has 0 spiro atoms. The summed E-state index contributed by atoms with van der Waals surface area (Å²) in [6.45, 7) is 1.99. The Labute approximate surface area is 150 Å². The van der Waals surface area contributed by atoms with Crippen LogP contribution in [0, 0.1) is 0 Å². The average molecular weight is 371 g/mol.